The summed E-state index contributed by atoms with van der Waals surface area (Å²) in [5, 5.41) is 2.73. The molecule has 0 aliphatic carbocycles. The van der Waals surface area contributed by atoms with Gasteiger partial charge in [0.05, 0.1) is 4.90 Å². The monoisotopic (exact) mass is 331 g/mol. The second-order valence-corrected chi connectivity index (χ2v) is 7.51. The molecule has 122 valence electrons. The largest absolute Gasteiger partial charge is 0.325 e. The number of rotatable bonds is 6. The van der Waals surface area contributed by atoms with Crippen LogP contribution in [-0.2, 0) is 14.6 Å². The van der Waals surface area contributed by atoms with E-state index in [-0.39, 0.29) is 10.8 Å². The normalized spacial score (nSPS) is 12.6. The third-order valence-electron chi connectivity index (χ3n) is 3.80. The van der Waals surface area contributed by atoms with Crippen LogP contribution in [0, 0.1) is 0 Å². The summed E-state index contributed by atoms with van der Waals surface area (Å²) in [4.78, 5) is 12.3. The zero-order valence-corrected chi connectivity index (χ0v) is 14.1. The van der Waals surface area contributed by atoms with Crippen LogP contribution in [0.5, 0.6) is 0 Å². The van der Waals surface area contributed by atoms with Crippen molar-refractivity contribution in [1.29, 1.82) is 0 Å². The third-order valence-corrected chi connectivity index (χ3v) is 5.43. The Balaban J connectivity index is 2.15. The van der Waals surface area contributed by atoms with Crippen LogP contribution < -0.4 is 5.32 Å². The summed E-state index contributed by atoms with van der Waals surface area (Å²) in [6.07, 6.45) is 0.940. The molecular weight excluding hydrogens is 310 g/mol. The number of para-hydroxylation sites is 1. The van der Waals surface area contributed by atoms with E-state index >= 15 is 0 Å². The second kappa shape index (κ2) is 7.42. The average Bonchev–Trinajstić information content (AvgIpc) is 2.55. The molecule has 2 aromatic carbocycles. The maximum atomic E-state index is 12.2. The van der Waals surface area contributed by atoms with Gasteiger partial charge >= 0.3 is 0 Å². The van der Waals surface area contributed by atoms with Crippen molar-refractivity contribution in [3.8, 4) is 0 Å². The standard InChI is InChI=1S/C18H21NO3S/c1-3-14(2)16-11-7-8-12-17(16)19-18(20)13-23(21,22)15-9-5-4-6-10-15/h4-12,14H,3,13H2,1-2H3,(H,19,20). The Bertz CT molecular complexity index is 770. The summed E-state index contributed by atoms with van der Waals surface area (Å²) in [5.41, 5.74) is 1.69. The first-order chi connectivity index (χ1) is 10.9. The summed E-state index contributed by atoms with van der Waals surface area (Å²) < 4.78 is 24.5. The van der Waals surface area contributed by atoms with Crippen molar-refractivity contribution in [3.63, 3.8) is 0 Å². The number of amides is 1. The van der Waals surface area contributed by atoms with Crippen LogP contribution in [0.25, 0.3) is 0 Å². The molecule has 23 heavy (non-hydrogen) atoms. The van der Waals surface area contributed by atoms with Gasteiger partial charge in [-0.2, -0.15) is 0 Å². The zero-order valence-electron chi connectivity index (χ0n) is 13.3. The van der Waals surface area contributed by atoms with Gasteiger partial charge in [-0.05, 0) is 36.1 Å². The lowest BCUT2D eigenvalue weighted by molar-refractivity contribution is -0.113. The van der Waals surface area contributed by atoms with Gasteiger partial charge < -0.3 is 5.32 Å². The van der Waals surface area contributed by atoms with Crippen molar-refractivity contribution >= 4 is 21.4 Å². The highest BCUT2D eigenvalue weighted by Gasteiger charge is 2.20. The molecule has 0 saturated carbocycles. The van der Waals surface area contributed by atoms with Crippen molar-refractivity contribution < 1.29 is 13.2 Å². The number of carbonyl (C=O) groups excluding carboxylic acids is 1. The fraction of sp³-hybridized carbons (Fsp3) is 0.278. The van der Waals surface area contributed by atoms with Gasteiger partial charge in [0, 0.05) is 5.69 Å². The molecule has 0 radical (unpaired) electrons. The summed E-state index contributed by atoms with van der Waals surface area (Å²) in [6.45, 7) is 4.15. The molecular formula is C18H21NO3S. The van der Waals surface area contributed by atoms with Crippen LogP contribution in [-0.4, -0.2) is 20.1 Å². The van der Waals surface area contributed by atoms with Crippen molar-refractivity contribution in [1.82, 2.24) is 0 Å². The van der Waals surface area contributed by atoms with E-state index in [0.717, 1.165) is 12.0 Å². The number of hydrogen-bond donors (Lipinski definition) is 1. The molecule has 4 nitrogen and oxygen atoms in total. The Morgan fingerprint density at radius 1 is 1.04 bits per heavy atom. The molecule has 0 heterocycles. The maximum absolute atomic E-state index is 12.2. The van der Waals surface area contributed by atoms with Gasteiger partial charge in [0.1, 0.15) is 5.75 Å². The minimum absolute atomic E-state index is 0.158. The lowest BCUT2D eigenvalue weighted by Crippen LogP contribution is -2.23. The molecule has 5 heteroatoms. The number of hydrogen-bond acceptors (Lipinski definition) is 3. The van der Waals surface area contributed by atoms with Crippen LogP contribution in [0.1, 0.15) is 31.7 Å². The van der Waals surface area contributed by atoms with E-state index in [2.05, 4.69) is 19.2 Å². The van der Waals surface area contributed by atoms with Crippen LogP contribution in [0.3, 0.4) is 0 Å². The number of carbonyl (C=O) groups is 1. The Kier molecular flexibility index (Phi) is 5.55. The molecule has 0 aliphatic rings. The molecule has 2 rings (SSSR count). The molecule has 2 aromatic rings. The summed E-state index contributed by atoms with van der Waals surface area (Å²) in [6, 6.07) is 15.5. The fourth-order valence-electron chi connectivity index (χ4n) is 2.33. The number of sulfone groups is 1. The van der Waals surface area contributed by atoms with E-state index in [9.17, 15) is 13.2 Å². The maximum Gasteiger partial charge on any atom is 0.239 e. The minimum atomic E-state index is -3.63. The molecule has 0 spiro atoms. The first kappa shape index (κ1) is 17.2. The lowest BCUT2D eigenvalue weighted by Gasteiger charge is -2.15. The molecule has 0 bridgehead atoms. The average molecular weight is 331 g/mol. The molecule has 1 atom stereocenters. The number of nitrogens with one attached hydrogen (secondary N) is 1. The van der Waals surface area contributed by atoms with Crippen LogP contribution in [0.2, 0.25) is 0 Å². The van der Waals surface area contributed by atoms with Gasteiger partial charge in [-0.3, -0.25) is 4.79 Å². The number of anilines is 1. The first-order valence-electron chi connectivity index (χ1n) is 7.60. The smallest absolute Gasteiger partial charge is 0.239 e. The Morgan fingerprint density at radius 3 is 2.30 bits per heavy atom. The topological polar surface area (TPSA) is 63.2 Å². The van der Waals surface area contributed by atoms with Gasteiger partial charge in [-0.15, -0.1) is 0 Å². The molecule has 0 aliphatic heterocycles. The predicted octanol–water partition coefficient (Wildman–Crippen LogP) is 3.61. The Hall–Kier alpha value is -2.14. The summed E-state index contributed by atoms with van der Waals surface area (Å²) in [7, 11) is -3.63. The SMILES string of the molecule is CCC(C)c1ccccc1NC(=O)CS(=O)(=O)c1ccccc1. The first-order valence-corrected chi connectivity index (χ1v) is 9.26. The molecule has 0 saturated heterocycles. The van der Waals surface area contributed by atoms with Crippen molar-refractivity contribution in [2.75, 3.05) is 11.1 Å². The van der Waals surface area contributed by atoms with E-state index < -0.39 is 21.5 Å². The van der Waals surface area contributed by atoms with Gasteiger partial charge in [0.25, 0.3) is 0 Å². The Morgan fingerprint density at radius 2 is 1.65 bits per heavy atom. The number of benzene rings is 2. The summed E-state index contributed by atoms with van der Waals surface area (Å²) >= 11 is 0. The molecule has 0 aromatic heterocycles. The molecule has 0 fully saturated rings. The highest BCUT2D eigenvalue weighted by molar-refractivity contribution is 7.92. The minimum Gasteiger partial charge on any atom is -0.325 e. The van der Waals surface area contributed by atoms with E-state index in [0.29, 0.717) is 5.69 Å². The van der Waals surface area contributed by atoms with Gasteiger partial charge in [-0.25, -0.2) is 8.42 Å². The molecule has 1 unspecified atom stereocenters. The van der Waals surface area contributed by atoms with Crippen LogP contribution >= 0.6 is 0 Å². The predicted molar refractivity (Wildman–Crippen MR) is 92.3 cm³/mol. The van der Waals surface area contributed by atoms with Crippen molar-refractivity contribution in [2.24, 2.45) is 0 Å². The highest BCUT2D eigenvalue weighted by Crippen LogP contribution is 2.26. The lowest BCUT2D eigenvalue weighted by atomic mass is 9.97. The summed E-state index contributed by atoms with van der Waals surface area (Å²) in [5.74, 6) is -0.798. The van der Waals surface area contributed by atoms with Gasteiger partial charge in [-0.1, -0.05) is 50.2 Å². The van der Waals surface area contributed by atoms with E-state index in [1.807, 2.05) is 18.2 Å². The highest BCUT2D eigenvalue weighted by atomic mass is 32.2. The van der Waals surface area contributed by atoms with Gasteiger partial charge in [0.15, 0.2) is 9.84 Å². The van der Waals surface area contributed by atoms with Gasteiger partial charge in [0.2, 0.25) is 5.91 Å². The molecule has 1 N–H and O–H groups in total. The zero-order chi connectivity index (χ0) is 16.9. The quantitative estimate of drug-likeness (QED) is 0.879. The van der Waals surface area contributed by atoms with E-state index in [4.69, 9.17) is 0 Å². The van der Waals surface area contributed by atoms with Crippen LogP contribution in [0.15, 0.2) is 59.5 Å². The second-order valence-electron chi connectivity index (χ2n) is 5.52. The van der Waals surface area contributed by atoms with E-state index in [1.165, 1.54) is 12.1 Å². The van der Waals surface area contributed by atoms with Crippen molar-refractivity contribution in [3.05, 3.63) is 60.2 Å². The van der Waals surface area contributed by atoms with Crippen LogP contribution in [0.4, 0.5) is 5.69 Å². The Labute approximate surface area is 137 Å². The molecule has 1 amide bonds. The fourth-order valence-corrected chi connectivity index (χ4v) is 3.49. The van der Waals surface area contributed by atoms with E-state index in [1.54, 1.807) is 24.3 Å². The van der Waals surface area contributed by atoms with Crippen molar-refractivity contribution in [2.45, 2.75) is 31.1 Å². The third kappa shape index (κ3) is 4.42.